The molecule has 0 radical (unpaired) electrons. The Bertz CT molecular complexity index is 1270. The van der Waals surface area contributed by atoms with Crippen LogP contribution in [0, 0.1) is 28.3 Å². The minimum Gasteiger partial charge on any atom is -0.440 e. The van der Waals surface area contributed by atoms with Crippen LogP contribution in [0.25, 0.3) is 11.0 Å². The summed E-state index contributed by atoms with van der Waals surface area (Å²) in [5.41, 5.74) is 1.95. The normalized spacial score (nSPS) is 16.6. The minimum absolute atomic E-state index is 0.0684. The first kappa shape index (κ1) is 22.8. The number of nitro groups is 1. The molecule has 2 heterocycles. The van der Waals surface area contributed by atoms with Gasteiger partial charge in [-0.05, 0) is 49.8 Å². The molecule has 1 aromatic heterocycles. The lowest BCUT2D eigenvalue weighted by atomic mass is 9.83. The summed E-state index contributed by atoms with van der Waals surface area (Å²) in [5.74, 6) is -0.0525. The van der Waals surface area contributed by atoms with Crippen molar-refractivity contribution in [3.05, 3.63) is 73.7 Å². The van der Waals surface area contributed by atoms with Crippen LogP contribution < -0.4 is 15.6 Å². The summed E-state index contributed by atoms with van der Waals surface area (Å²) >= 11 is 0. The van der Waals surface area contributed by atoms with E-state index >= 15 is 0 Å². The summed E-state index contributed by atoms with van der Waals surface area (Å²) in [7, 11) is 0. The Kier molecular flexibility index (Phi) is 5.86. The Balaban J connectivity index is 1.76. The monoisotopic (exact) mass is 453 g/mol. The molecule has 1 atom stereocenters. The van der Waals surface area contributed by atoms with E-state index in [4.69, 9.17) is 4.42 Å². The fourth-order valence-electron chi connectivity index (χ4n) is 4.33. The second kappa shape index (κ2) is 8.50. The predicted molar refractivity (Wildman–Crippen MR) is 128 cm³/mol. The molecule has 1 saturated heterocycles. The molecule has 4 rings (SSSR count). The molecule has 1 N–H and O–H groups in total. The van der Waals surface area contributed by atoms with E-state index in [1.54, 1.807) is 19.1 Å². The van der Waals surface area contributed by atoms with Crippen LogP contribution in [0.4, 0.5) is 21.6 Å². The topological polar surface area (TPSA) is 88.6 Å². The quantitative estimate of drug-likeness (QED) is 0.379. The summed E-state index contributed by atoms with van der Waals surface area (Å²) in [5, 5.41) is 14.9. The van der Waals surface area contributed by atoms with Crippen molar-refractivity contribution in [3.63, 3.8) is 0 Å². The van der Waals surface area contributed by atoms with Gasteiger partial charge in [0, 0.05) is 36.9 Å². The maximum Gasteiger partial charge on any atom is 0.292 e. The molecule has 174 valence electrons. The molecule has 0 aliphatic carbocycles. The predicted octanol–water partition coefficient (Wildman–Crippen LogP) is 5.95. The standard InChI is InChI=1S/C25H28FN3O4/c1-15-11-18(16(2)27-20-13-17(26)5-6-21(20)29(31)32)24-19(12-15)22(30)14-23(33-24)28-9-7-25(3,4)8-10-28/h5-6,11-14,16,27H,7-10H2,1-4H3. The SMILES string of the molecule is Cc1cc(C(C)Nc2cc(F)ccc2[N+](=O)[O-])c2oc(N3CCC(C)(C)CC3)cc(=O)c2c1. The van der Waals surface area contributed by atoms with Crippen molar-refractivity contribution >= 4 is 28.2 Å². The number of halogens is 1. The number of piperidine rings is 1. The molecule has 33 heavy (non-hydrogen) atoms. The Morgan fingerprint density at radius 3 is 2.55 bits per heavy atom. The van der Waals surface area contributed by atoms with E-state index in [2.05, 4.69) is 24.1 Å². The number of aryl methyl sites for hydroxylation is 1. The molecular formula is C25H28FN3O4. The number of fused-ring (bicyclic) bond motifs is 1. The van der Waals surface area contributed by atoms with Crippen LogP contribution in [0.2, 0.25) is 0 Å². The van der Waals surface area contributed by atoms with Crippen molar-refractivity contribution in [3.8, 4) is 0 Å². The maximum atomic E-state index is 13.8. The van der Waals surface area contributed by atoms with Crippen molar-refractivity contribution in [1.82, 2.24) is 0 Å². The van der Waals surface area contributed by atoms with E-state index in [1.807, 2.05) is 13.0 Å². The Labute approximate surface area is 191 Å². The van der Waals surface area contributed by atoms with Crippen molar-refractivity contribution in [2.24, 2.45) is 5.41 Å². The van der Waals surface area contributed by atoms with Crippen molar-refractivity contribution in [2.75, 3.05) is 23.3 Å². The van der Waals surface area contributed by atoms with Gasteiger partial charge in [-0.15, -0.1) is 0 Å². The highest BCUT2D eigenvalue weighted by atomic mass is 19.1. The largest absolute Gasteiger partial charge is 0.440 e. The molecule has 7 nitrogen and oxygen atoms in total. The first-order chi connectivity index (χ1) is 15.5. The molecule has 1 aliphatic heterocycles. The summed E-state index contributed by atoms with van der Waals surface area (Å²) in [6.45, 7) is 9.75. The van der Waals surface area contributed by atoms with Gasteiger partial charge in [-0.25, -0.2) is 4.39 Å². The molecule has 3 aromatic rings. The zero-order valence-electron chi connectivity index (χ0n) is 19.3. The van der Waals surface area contributed by atoms with Gasteiger partial charge in [0.25, 0.3) is 5.69 Å². The van der Waals surface area contributed by atoms with Crippen molar-refractivity contribution in [1.29, 1.82) is 0 Å². The van der Waals surface area contributed by atoms with E-state index in [0.717, 1.165) is 49.7 Å². The molecule has 0 amide bonds. The Morgan fingerprint density at radius 1 is 1.18 bits per heavy atom. The zero-order chi connectivity index (χ0) is 23.9. The molecule has 0 spiro atoms. The molecule has 1 aliphatic rings. The van der Waals surface area contributed by atoms with Gasteiger partial charge in [-0.2, -0.15) is 0 Å². The minimum atomic E-state index is -0.578. The molecule has 0 saturated carbocycles. The highest BCUT2D eigenvalue weighted by Crippen LogP contribution is 2.35. The smallest absolute Gasteiger partial charge is 0.292 e. The first-order valence-corrected chi connectivity index (χ1v) is 11.1. The third kappa shape index (κ3) is 4.69. The molecule has 0 bridgehead atoms. The first-order valence-electron chi connectivity index (χ1n) is 11.1. The van der Waals surface area contributed by atoms with Gasteiger partial charge in [0.15, 0.2) is 11.3 Å². The fourth-order valence-corrected chi connectivity index (χ4v) is 4.33. The van der Waals surface area contributed by atoms with E-state index in [1.165, 1.54) is 0 Å². The molecule has 1 unspecified atom stereocenters. The van der Waals surface area contributed by atoms with Gasteiger partial charge in [0.2, 0.25) is 0 Å². The van der Waals surface area contributed by atoms with Crippen LogP contribution in [-0.2, 0) is 0 Å². The van der Waals surface area contributed by atoms with Crippen molar-refractivity contribution < 1.29 is 13.7 Å². The number of hydrogen-bond acceptors (Lipinski definition) is 6. The van der Waals surface area contributed by atoms with Gasteiger partial charge in [-0.3, -0.25) is 14.9 Å². The highest BCUT2D eigenvalue weighted by Gasteiger charge is 2.27. The Morgan fingerprint density at radius 2 is 1.88 bits per heavy atom. The Hall–Kier alpha value is -3.42. The summed E-state index contributed by atoms with van der Waals surface area (Å²) < 4.78 is 20.1. The number of nitrogens with one attached hydrogen (secondary N) is 1. The van der Waals surface area contributed by atoms with Crippen LogP contribution in [-0.4, -0.2) is 18.0 Å². The van der Waals surface area contributed by atoms with Crippen LogP contribution >= 0.6 is 0 Å². The molecular weight excluding hydrogens is 425 g/mol. The van der Waals surface area contributed by atoms with E-state index in [0.29, 0.717) is 22.4 Å². The van der Waals surface area contributed by atoms with Gasteiger partial charge < -0.3 is 14.6 Å². The van der Waals surface area contributed by atoms with Gasteiger partial charge in [0.1, 0.15) is 17.1 Å². The second-order valence-corrected chi connectivity index (χ2v) is 9.62. The fraction of sp³-hybridized carbons (Fsp3) is 0.400. The van der Waals surface area contributed by atoms with Gasteiger partial charge in [0.05, 0.1) is 16.4 Å². The number of nitro benzene ring substituents is 1. The van der Waals surface area contributed by atoms with Gasteiger partial charge in [-0.1, -0.05) is 19.9 Å². The zero-order valence-corrected chi connectivity index (χ0v) is 19.3. The molecule has 1 fully saturated rings. The summed E-state index contributed by atoms with van der Waals surface area (Å²) in [6, 6.07) is 8.02. The van der Waals surface area contributed by atoms with E-state index in [-0.39, 0.29) is 22.2 Å². The number of hydrogen-bond donors (Lipinski definition) is 1. The average Bonchev–Trinajstić information content (AvgIpc) is 2.73. The summed E-state index contributed by atoms with van der Waals surface area (Å²) in [4.78, 5) is 25.9. The number of rotatable bonds is 5. The lowest BCUT2D eigenvalue weighted by molar-refractivity contribution is -0.384. The maximum absolute atomic E-state index is 13.8. The van der Waals surface area contributed by atoms with Crippen LogP contribution in [0.15, 0.2) is 45.6 Å². The van der Waals surface area contributed by atoms with Crippen LogP contribution in [0.5, 0.6) is 0 Å². The van der Waals surface area contributed by atoms with Crippen LogP contribution in [0.3, 0.4) is 0 Å². The average molecular weight is 454 g/mol. The lowest BCUT2D eigenvalue weighted by Crippen LogP contribution is -2.37. The second-order valence-electron chi connectivity index (χ2n) is 9.62. The van der Waals surface area contributed by atoms with E-state index < -0.39 is 16.8 Å². The lowest BCUT2D eigenvalue weighted by Gasteiger charge is -2.37. The molecule has 2 aromatic carbocycles. The van der Waals surface area contributed by atoms with Gasteiger partial charge >= 0.3 is 0 Å². The number of benzene rings is 2. The third-order valence-electron chi connectivity index (χ3n) is 6.41. The van der Waals surface area contributed by atoms with Crippen molar-refractivity contribution in [2.45, 2.75) is 46.6 Å². The highest BCUT2D eigenvalue weighted by molar-refractivity contribution is 5.83. The summed E-state index contributed by atoms with van der Waals surface area (Å²) in [6.07, 6.45) is 1.99. The molecule has 8 heteroatoms. The third-order valence-corrected chi connectivity index (χ3v) is 6.41. The van der Waals surface area contributed by atoms with Crippen LogP contribution in [0.1, 0.15) is 50.8 Å². The van der Waals surface area contributed by atoms with E-state index in [9.17, 15) is 19.3 Å². The number of nitrogens with zero attached hydrogens (tertiary/aromatic N) is 2. The number of anilines is 2.